The van der Waals surface area contributed by atoms with E-state index >= 15 is 0 Å². The fourth-order valence-corrected chi connectivity index (χ4v) is 2.04. The van der Waals surface area contributed by atoms with Crippen molar-refractivity contribution in [1.29, 1.82) is 0 Å². The van der Waals surface area contributed by atoms with Crippen LogP contribution in [-0.2, 0) is 17.3 Å². The van der Waals surface area contributed by atoms with Crippen LogP contribution in [0.1, 0.15) is 5.69 Å². The minimum Gasteiger partial charge on any atom is -0.310 e. The van der Waals surface area contributed by atoms with Crippen molar-refractivity contribution in [3.63, 3.8) is 0 Å². The molecular formula is C13H17N3OS. The molecular weight excluding hydrogens is 246 g/mol. The fourth-order valence-electron chi connectivity index (χ4n) is 1.61. The van der Waals surface area contributed by atoms with Crippen molar-refractivity contribution in [2.45, 2.75) is 6.54 Å². The predicted molar refractivity (Wildman–Crippen MR) is 74.2 cm³/mol. The molecule has 2 rings (SSSR count). The summed E-state index contributed by atoms with van der Waals surface area (Å²) in [5.41, 5.74) is 2.04. The highest BCUT2D eigenvalue weighted by atomic mass is 32.2. The topological polar surface area (TPSA) is 46.9 Å². The average Bonchev–Trinajstić information content (AvgIpc) is 2.84. The summed E-state index contributed by atoms with van der Waals surface area (Å²) >= 11 is 0. The van der Waals surface area contributed by atoms with Crippen molar-refractivity contribution in [3.8, 4) is 5.69 Å². The van der Waals surface area contributed by atoms with Gasteiger partial charge in [-0.05, 0) is 18.2 Å². The van der Waals surface area contributed by atoms with Crippen LogP contribution in [0.2, 0.25) is 0 Å². The minimum absolute atomic E-state index is 0.680. The molecule has 1 aromatic carbocycles. The van der Waals surface area contributed by atoms with E-state index in [1.807, 2.05) is 47.3 Å². The van der Waals surface area contributed by atoms with E-state index in [0.717, 1.165) is 17.9 Å². The first-order chi connectivity index (χ1) is 8.75. The van der Waals surface area contributed by atoms with Crippen LogP contribution in [0.5, 0.6) is 0 Å². The van der Waals surface area contributed by atoms with Crippen LogP contribution in [0, 0.1) is 0 Å². The van der Waals surface area contributed by atoms with E-state index in [2.05, 4.69) is 10.4 Å². The molecule has 0 fully saturated rings. The van der Waals surface area contributed by atoms with Gasteiger partial charge in [-0.2, -0.15) is 5.10 Å². The molecule has 1 heterocycles. The molecule has 0 bridgehead atoms. The van der Waals surface area contributed by atoms with Crippen molar-refractivity contribution >= 4 is 10.8 Å². The highest BCUT2D eigenvalue weighted by Gasteiger charge is 2.00. The number of hydrogen-bond donors (Lipinski definition) is 1. The van der Waals surface area contributed by atoms with Gasteiger partial charge < -0.3 is 5.32 Å². The number of nitrogens with one attached hydrogen (secondary N) is 1. The van der Waals surface area contributed by atoms with Crippen LogP contribution in [0.25, 0.3) is 5.69 Å². The van der Waals surface area contributed by atoms with Crippen LogP contribution >= 0.6 is 0 Å². The third-order valence-corrected chi connectivity index (χ3v) is 3.32. The Morgan fingerprint density at radius 2 is 2.06 bits per heavy atom. The first-order valence-electron chi connectivity index (χ1n) is 5.86. The third kappa shape index (κ3) is 3.78. The maximum atomic E-state index is 10.9. The number of rotatable bonds is 6. The smallest absolute Gasteiger partial charge is 0.0766 e. The van der Waals surface area contributed by atoms with Crippen molar-refractivity contribution in [3.05, 3.63) is 48.3 Å². The Morgan fingerprint density at radius 1 is 1.28 bits per heavy atom. The van der Waals surface area contributed by atoms with Gasteiger partial charge in [0, 0.05) is 42.1 Å². The quantitative estimate of drug-likeness (QED) is 0.800. The van der Waals surface area contributed by atoms with E-state index in [1.165, 1.54) is 0 Å². The van der Waals surface area contributed by atoms with Crippen molar-refractivity contribution < 1.29 is 4.21 Å². The Labute approximate surface area is 109 Å². The summed E-state index contributed by atoms with van der Waals surface area (Å²) in [6.45, 7) is 1.46. The molecule has 1 N–H and O–H groups in total. The summed E-state index contributed by atoms with van der Waals surface area (Å²) in [6.07, 6.45) is 3.66. The molecule has 0 saturated heterocycles. The summed E-state index contributed by atoms with van der Waals surface area (Å²) in [7, 11) is -0.736. The molecule has 0 aliphatic heterocycles. The minimum atomic E-state index is -0.736. The normalized spacial score (nSPS) is 12.5. The Balaban J connectivity index is 1.89. The molecule has 96 valence electrons. The SMILES string of the molecule is CS(=O)CCNCc1ccn(-c2ccccc2)n1. The highest BCUT2D eigenvalue weighted by Crippen LogP contribution is 2.06. The van der Waals surface area contributed by atoms with Crippen molar-refractivity contribution in [1.82, 2.24) is 15.1 Å². The van der Waals surface area contributed by atoms with Gasteiger partial charge in [0.2, 0.25) is 0 Å². The van der Waals surface area contributed by atoms with Crippen LogP contribution < -0.4 is 5.32 Å². The maximum Gasteiger partial charge on any atom is 0.0766 e. The Kier molecular flexibility index (Phi) is 4.66. The monoisotopic (exact) mass is 263 g/mol. The van der Waals surface area contributed by atoms with Crippen LogP contribution in [0.3, 0.4) is 0 Å². The highest BCUT2D eigenvalue weighted by molar-refractivity contribution is 7.84. The number of para-hydroxylation sites is 1. The molecule has 2 aromatic rings. The zero-order chi connectivity index (χ0) is 12.8. The first kappa shape index (κ1) is 13.0. The van der Waals surface area contributed by atoms with Gasteiger partial charge in [-0.15, -0.1) is 0 Å². The number of benzene rings is 1. The molecule has 1 aromatic heterocycles. The summed E-state index contributed by atoms with van der Waals surface area (Å²) in [5.74, 6) is 0.680. The largest absolute Gasteiger partial charge is 0.310 e. The second-order valence-corrected chi connectivity index (χ2v) is 5.60. The van der Waals surface area contributed by atoms with Gasteiger partial charge in [0.1, 0.15) is 0 Å². The van der Waals surface area contributed by atoms with Gasteiger partial charge in [-0.3, -0.25) is 4.21 Å². The van der Waals surface area contributed by atoms with E-state index in [1.54, 1.807) is 6.26 Å². The Morgan fingerprint density at radius 3 is 2.78 bits per heavy atom. The molecule has 18 heavy (non-hydrogen) atoms. The lowest BCUT2D eigenvalue weighted by Crippen LogP contribution is -2.20. The lowest BCUT2D eigenvalue weighted by Gasteiger charge is -2.01. The molecule has 0 saturated carbocycles. The molecule has 0 radical (unpaired) electrons. The third-order valence-electron chi connectivity index (χ3n) is 2.54. The van der Waals surface area contributed by atoms with Gasteiger partial charge in [-0.25, -0.2) is 4.68 Å². The maximum absolute atomic E-state index is 10.9. The Hall–Kier alpha value is -1.46. The number of aromatic nitrogens is 2. The van der Waals surface area contributed by atoms with Gasteiger partial charge in [0.05, 0.1) is 11.4 Å². The van der Waals surface area contributed by atoms with E-state index in [9.17, 15) is 4.21 Å². The molecule has 1 unspecified atom stereocenters. The fraction of sp³-hybridized carbons (Fsp3) is 0.308. The van der Waals surface area contributed by atoms with E-state index < -0.39 is 10.8 Å². The zero-order valence-corrected chi connectivity index (χ0v) is 11.2. The van der Waals surface area contributed by atoms with Crippen LogP contribution in [0.4, 0.5) is 0 Å². The van der Waals surface area contributed by atoms with Crippen molar-refractivity contribution in [2.75, 3.05) is 18.6 Å². The lowest BCUT2D eigenvalue weighted by molar-refractivity contribution is 0.671. The van der Waals surface area contributed by atoms with Crippen LogP contribution in [-0.4, -0.2) is 32.5 Å². The first-order valence-corrected chi connectivity index (χ1v) is 7.59. The summed E-state index contributed by atoms with van der Waals surface area (Å²) < 4.78 is 12.8. The summed E-state index contributed by atoms with van der Waals surface area (Å²) in [4.78, 5) is 0. The molecule has 0 aliphatic carbocycles. The Bertz CT molecular complexity index is 510. The molecule has 4 nitrogen and oxygen atoms in total. The molecule has 0 amide bonds. The second kappa shape index (κ2) is 6.47. The van der Waals surface area contributed by atoms with Gasteiger partial charge >= 0.3 is 0 Å². The summed E-state index contributed by atoms with van der Waals surface area (Å²) in [5, 5.41) is 7.70. The van der Waals surface area contributed by atoms with E-state index in [0.29, 0.717) is 12.3 Å². The summed E-state index contributed by atoms with van der Waals surface area (Å²) in [6, 6.07) is 12.0. The molecule has 0 aliphatic rings. The average molecular weight is 263 g/mol. The van der Waals surface area contributed by atoms with Gasteiger partial charge in [0.15, 0.2) is 0 Å². The van der Waals surface area contributed by atoms with E-state index in [-0.39, 0.29) is 0 Å². The lowest BCUT2D eigenvalue weighted by atomic mass is 10.3. The number of nitrogens with zero attached hydrogens (tertiary/aromatic N) is 2. The van der Waals surface area contributed by atoms with E-state index in [4.69, 9.17) is 0 Å². The second-order valence-electron chi connectivity index (χ2n) is 4.04. The van der Waals surface area contributed by atoms with Gasteiger partial charge in [0.25, 0.3) is 0 Å². The number of hydrogen-bond acceptors (Lipinski definition) is 3. The zero-order valence-electron chi connectivity index (χ0n) is 10.4. The van der Waals surface area contributed by atoms with Gasteiger partial charge in [-0.1, -0.05) is 18.2 Å². The van der Waals surface area contributed by atoms with Crippen LogP contribution in [0.15, 0.2) is 42.6 Å². The van der Waals surface area contributed by atoms with Crippen molar-refractivity contribution in [2.24, 2.45) is 0 Å². The molecule has 5 heteroatoms. The predicted octanol–water partition coefficient (Wildman–Crippen LogP) is 1.34. The standard InChI is InChI=1S/C13H17N3OS/c1-18(17)10-8-14-11-12-7-9-16(15-12)13-5-3-2-4-6-13/h2-7,9,14H,8,10-11H2,1H3. The molecule has 1 atom stereocenters. The molecule has 0 spiro atoms.